The molecule has 3 atom stereocenters. The molecule has 0 bridgehead atoms. The van der Waals surface area contributed by atoms with Crippen LogP contribution in [0.2, 0.25) is 0 Å². The summed E-state index contributed by atoms with van der Waals surface area (Å²) in [7, 11) is 3.33. The zero-order valence-corrected chi connectivity index (χ0v) is 18.8. The zero-order chi connectivity index (χ0) is 21.7. The number of methoxy groups -OCH3 is 2. The minimum atomic E-state index is -1.22. The Bertz CT molecular complexity index is 860. The van der Waals surface area contributed by atoms with Crippen molar-refractivity contribution in [3.63, 3.8) is 0 Å². The first kappa shape index (κ1) is 22.1. The van der Waals surface area contributed by atoms with Gasteiger partial charge in [0, 0.05) is 13.5 Å². The molecule has 0 spiro atoms. The van der Waals surface area contributed by atoms with E-state index in [0.717, 1.165) is 44.3 Å². The lowest BCUT2D eigenvalue weighted by Gasteiger charge is -2.53. The van der Waals surface area contributed by atoms with Crippen molar-refractivity contribution in [1.29, 1.82) is 0 Å². The normalized spacial score (nSPS) is 29.5. The highest BCUT2D eigenvalue weighted by Crippen LogP contribution is 2.56. The highest BCUT2D eigenvalue weighted by atomic mass is 16.6. The summed E-state index contributed by atoms with van der Waals surface area (Å²) < 4.78 is 11.1. The van der Waals surface area contributed by atoms with Gasteiger partial charge in [-0.1, -0.05) is 61.0 Å². The average molecular weight is 422 g/mol. The van der Waals surface area contributed by atoms with E-state index in [4.69, 9.17) is 9.47 Å². The van der Waals surface area contributed by atoms with Crippen LogP contribution in [0.1, 0.15) is 44.1 Å². The lowest BCUT2D eigenvalue weighted by Crippen LogP contribution is -2.63. The molecule has 1 heterocycles. The number of allylic oxidation sites excluding steroid dienone is 1. The predicted molar refractivity (Wildman–Crippen MR) is 124 cm³/mol. The van der Waals surface area contributed by atoms with Crippen LogP contribution in [0, 0.1) is 5.92 Å². The first-order valence-corrected chi connectivity index (χ1v) is 11.5. The second kappa shape index (κ2) is 9.56. The Balaban J connectivity index is 1.80. The number of piperidine rings is 1. The average Bonchev–Trinajstić information content (AvgIpc) is 3.14. The third kappa shape index (κ3) is 3.93. The number of nitrogens with zero attached hydrogens (tertiary/aromatic N) is 1. The fraction of sp³-hybridized carbons (Fsp3) is 0.481. The lowest BCUT2D eigenvalue weighted by atomic mass is 9.73. The van der Waals surface area contributed by atoms with Crippen LogP contribution in [-0.4, -0.2) is 43.1 Å². The number of ether oxygens (including phenoxy) is 2. The van der Waals surface area contributed by atoms with Gasteiger partial charge in [-0.3, -0.25) is 4.90 Å². The van der Waals surface area contributed by atoms with E-state index in [0.29, 0.717) is 6.42 Å². The fourth-order valence-corrected chi connectivity index (χ4v) is 5.89. The Hall–Kier alpha value is -2.14. The number of aliphatic hydroxyl groups is 1. The molecule has 1 aliphatic carbocycles. The molecular weight excluding hydrogens is 386 g/mol. The highest BCUT2D eigenvalue weighted by molar-refractivity contribution is 5.63. The molecule has 0 aromatic heterocycles. The standard InChI is InChI=1S/C27H35NO3/c1-30-21-9-12-24-17-18-26(29,31-2)27(24,28-19-7-4-8-20-28)25-15-13-23(14-16-25)22-10-5-3-6-11-22/h3,5-6,9-11,13-16,21,24,29H,4,7-8,12,17-20H2,1-2H3. The summed E-state index contributed by atoms with van der Waals surface area (Å²) in [5, 5.41) is 11.9. The summed E-state index contributed by atoms with van der Waals surface area (Å²) in [4.78, 5) is 2.51. The molecule has 0 radical (unpaired) electrons. The molecule has 2 aromatic rings. The summed E-state index contributed by atoms with van der Waals surface area (Å²) in [6.45, 7) is 1.97. The van der Waals surface area contributed by atoms with Crippen LogP contribution in [0.5, 0.6) is 0 Å². The SMILES string of the molecule is COC=CCC1CCC(O)(OC)C1(c1ccc(-c2ccccc2)cc1)N1CCCCC1. The maximum absolute atomic E-state index is 11.9. The molecule has 2 aromatic carbocycles. The van der Waals surface area contributed by atoms with Crippen LogP contribution in [0.15, 0.2) is 66.9 Å². The Labute approximate surface area is 186 Å². The minimum Gasteiger partial charge on any atom is -0.505 e. The summed E-state index contributed by atoms with van der Waals surface area (Å²) >= 11 is 0. The van der Waals surface area contributed by atoms with Crippen LogP contribution in [0.25, 0.3) is 11.1 Å². The quantitative estimate of drug-likeness (QED) is 0.485. The van der Waals surface area contributed by atoms with Gasteiger partial charge in [0.15, 0.2) is 5.79 Å². The zero-order valence-electron chi connectivity index (χ0n) is 18.8. The molecule has 2 fully saturated rings. The highest BCUT2D eigenvalue weighted by Gasteiger charge is 2.63. The number of hydrogen-bond acceptors (Lipinski definition) is 4. The van der Waals surface area contributed by atoms with E-state index < -0.39 is 11.3 Å². The van der Waals surface area contributed by atoms with Gasteiger partial charge in [0.2, 0.25) is 0 Å². The first-order chi connectivity index (χ1) is 15.2. The number of likely N-dealkylation sites (tertiary alicyclic amines) is 1. The van der Waals surface area contributed by atoms with E-state index in [1.165, 1.54) is 17.5 Å². The van der Waals surface area contributed by atoms with Gasteiger partial charge >= 0.3 is 0 Å². The smallest absolute Gasteiger partial charge is 0.188 e. The summed E-state index contributed by atoms with van der Waals surface area (Å²) in [6.07, 6.45) is 9.79. The van der Waals surface area contributed by atoms with Crippen molar-refractivity contribution in [2.45, 2.75) is 49.9 Å². The van der Waals surface area contributed by atoms with Crippen LogP contribution in [-0.2, 0) is 15.0 Å². The molecule has 1 N–H and O–H groups in total. The van der Waals surface area contributed by atoms with E-state index in [1.807, 2.05) is 6.07 Å². The summed E-state index contributed by atoms with van der Waals surface area (Å²) in [6, 6.07) is 19.2. The molecule has 1 saturated heterocycles. The molecule has 166 valence electrons. The van der Waals surface area contributed by atoms with Crippen molar-refractivity contribution < 1.29 is 14.6 Å². The summed E-state index contributed by atoms with van der Waals surface area (Å²) in [5.41, 5.74) is 2.96. The van der Waals surface area contributed by atoms with Gasteiger partial charge in [-0.25, -0.2) is 0 Å². The van der Waals surface area contributed by atoms with Gasteiger partial charge in [0.25, 0.3) is 0 Å². The van der Waals surface area contributed by atoms with Crippen LogP contribution < -0.4 is 0 Å². The topological polar surface area (TPSA) is 41.9 Å². The summed E-state index contributed by atoms with van der Waals surface area (Å²) in [5.74, 6) is -0.978. The number of hydrogen-bond donors (Lipinski definition) is 1. The molecule has 0 amide bonds. The molecule has 4 nitrogen and oxygen atoms in total. The van der Waals surface area contributed by atoms with Crippen molar-refractivity contribution >= 4 is 0 Å². The third-order valence-corrected chi connectivity index (χ3v) is 7.30. The van der Waals surface area contributed by atoms with Crippen molar-refractivity contribution in [2.75, 3.05) is 27.3 Å². The molecule has 31 heavy (non-hydrogen) atoms. The predicted octanol–water partition coefficient (Wildman–Crippen LogP) is 5.33. The maximum Gasteiger partial charge on any atom is 0.188 e. The van der Waals surface area contributed by atoms with Gasteiger partial charge < -0.3 is 14.6 Å². The third-order valence-electron chi connectivity index (χ3n) is 7.30. The maximum atomic E-state index is 11.9. The van der Waals surface area contributed by atoms with Gasteiger partial charge in [0.05, 0.1) is 13.4 Å². The fourth-order valence-electron chi connectivity index (χ4n) is 5.89. The van der Waals surface area contributed by atoms with Gasteiger partial charge in [-0.2, -0.15) is 0 Å². The second-order valence-electron chi connectivity index (χ2n) is 8.82. The second-order valence-corrected chi connectivity index (χ2v) is 8.82. The first-order valence-electron chi connectivity index (χ1n) is 11.5. The molecule has 2 aliphatic rings. The van der Waals surface area contributed by atoms with Crippen molar-refractivity contribution in [2.24, 2.45) is 5.92 Å². The van der Waals surface area contributed by atoms with E-state index in [-0.39, 0.29) is 5.92 Å². The molecular formula is C27H35NO3. The van der Waals surface area contributed by atoms with Crippen LogP contribution in [0.3, 0.4) is 0 Å². The Morgan fingerprint density at radius 3 is 2.29 bits per heavy atom. The van der Waals surface area contributed by atoms with Gasteiger partial charge in [0.1, 0.15) is 5.54 Å². The molecule has 3 unspecified atom stereocenters. The van der Waals surface area contributed by atoms with Crippen molar-refractivity contribution in [3.05, 3.63) is 72.5 Å². The molecule has 1 aliphatic heterocycles. The van der Waals surface area contributed by atoms with Crippen molar-refractivity contribution in [3.8, 4) is 11.1 Å². The Kier molecular flexibility index (Phi) is 6.80. The van der Waals surface area contributed by atoms with E-state index in [2.05, 4.69) is 59.5 Å². The largest absolute Gasteiger partial charge is 0.505 e. The van der Waals surface area contributed by atoms with E-state index in [1.54, 1.807) is 20.5 Å². The number of benzene rings is 2. The number of rotatable bonds is 7. The Morgan fingerprint density at radius 2 is 1.65 bits per heavy atom. The minimum absolute atomic E-state index is 0.240. The van der Waals surface area contributed by atoms with E-state index in [9.17, 15) is 5.11 Å². The van der Waals surface area contributed by atoms with Gasteiger partial charge in [-0.15, -0.1) is 0 Å². The van der Waals surface area contributed by atoms with Crippen molar-refractivity contribution in [1.82, 2.24) is 4.90 Å². The molecule has 4 heteroatoms. The Morgan fingerprint density at radius 1 is 0.968 bits per heavy atom. The molecule has 1 saturated carbocycles. The van der Waals surface area contributed by atoms with Crippen LogP contribution in [0.4, 0.5) is 0 Å². The molecule has 4 rings (SSSR count). The van der Waals surface area contributed by atoms with E-state index >= 15 is 0 Å². The lowest BCUT2D eigenvalue weighted by molar-refractivity contribution is -0.265. The van der Waals surface area contributed by atoms with Crippen LogP contribution >= 0.6 is 0 Å². The van der Waals surface area contributed by atoms with Gasteiger partial charge in [-0.05, 0) is 67.5 Å². The monoisotopic (exact) mass is 421 g/mol.